The highest BCUT2D eigenvalue weighted by molar-refractivity contribution is 5.82. The van der Waals surface area contributed by atoms with Crippen molar-refractivity contribution in [3.8, 4) is 22.6 Å². The molecule has 3 aromatic rings. The Labute approximate surface area is 181 Å². The second-order valence-corrected chi connectivity index (χ2v) is 8.44. The van der Waals surface area contributed by atoms with Crippen LogP contribution in [0.4, 0.5) is 0 Å². The molecule has 2 aromatic carbocycles. The van der Waals surface area contributed by atoms with Gasteiger partial charge >= 0.3 is 0 Å². The average molecular weight is 397 g/mol. The number of benzene rings is 2. The number of rotatable bonds is 6. The Morgan fingerprint density at radius 3 is 2.37 bits per heavy atom. The molecule has 0 fully saturated rings. The Morgan fingerprint density at radius 2 is 1.73 bits per heavy atom. The second kappa shape index (κ2) is 8.87. The van der Waals surface area contributed by atoms with Crippen LogP contribution in [0, 0.1) is 20.8 Å². The number of unbranched alkanes of at least 4 members (excludes halogenated alkanes) is 1. The van der Waals surface area contributed by atoms with Crippen LogP contribution >= 0.6 is 0 Å². The number of aryl methyl sites for hydroxylation is 3. The fourth-order valence-electron chi connectivity index (χ4n) is 4.63. The van der Waals surface area contributed by atoms with Crippen LogP contribution in [0.3, 0.4) is 0 Å². The second-order valence-electron chi connectivity index (χ2n) is 8.44. The maximum absolute atomic E-state index is 5.33. The first kappa shape index (κ1) is 20.4. The van der Waals surface area contributed by atoms with Crippen molar-refractivity contribution in [3.63, 3.8) is 0 Å². The summed E-state index contributed by atoms with van der Waals surface area (Å²) in [6.45, 7) is 9.87. The van der Waals surface area contributed by atoms with Gasteiger partial charge in [-0.05, 0) is 56.7 Å². The quantitative estimate of drug-likeness (QED) is 0.418. The van der Waals surface area contributed by atoms with Gasteiger partial charge in [0.05, 0.1) is 11.4 Å². The SMILES string of the molecule is CCCCn1c(-c2c(C)cc(C)cc2C)nc(-c2ccccc2)c1C1=CC=CCC1. The first-order valence-corrected chi connectivity index (χ1v) is 11.2. The van der Waals surface area contributed by atoms with Crippen LogP contribution in [0.1, 0.15) is 55.0 Å². The van der Waals surface area contributed by atoms with E-state index < -0.39 is 0 Å². The van der Waals surface area contributed by atoms with Gasteiger partial charge in [-0.3, -0.25) is 0 Å². The van der Waals surface area contributed by atoms with Crippen LogP contribution in [0.25, 0.3) is 28.2 Å². The fourth-order valence-corrected chi connectivity index (χ4v) is 4.63. The Bertz CT molecular complexity index is 1070. The molecule has 4 rings (SSSR count). The van der Waals surface area contributed by atoms with Crippen LogP contribution < -0.4 is 0 Å². The highest BCUT2D eigenvalue weighted by Crippen LogP contribution is 2.38. The van der Waals surface area contributed by atoms with Gasteiger partial charge in [-0.15, -0.1) is 0 Å². The molecule has 0 aliphatic heterocycles. The number of hydrogen-bond acceptors (Lipinski definition) is 1. The normalized spacial score (nSPS) is 13.5. The molecule has 1 aromatic heterocycles. The average Bonchev–Trinajstić information content (AvgIpc) is 3.11. The van der Waals surface area contributed by atoms with E-state index in [9.17, 15) is 0 Å². The van der Waals surface area contributed by atoms with Crippen molar-refractivity contribution in [3.05, 3.63) is 83.1 Å². The van der Waals surface area contributed by atoms with Gasteiger partial charge in [0.1, 0.15) is 5.82 Å². The lowest BCUT2D eigenvalue weighted by Crippen LogP contribution is -2.07. The van der Waals surface area contributed by atoms with Gasteiger partial charge in [-0.1, -0.05) is 79.6 Å². The van der Waals surface area contributed by atoms with E-state index in [1.54, 1.807) is 0 Å². The topological polar surface area (TPSA) is 17.8 Å². The van der Waals surface area contributed by atoms with Gasteiger partial charge in [0.2, 0.25) is 0 Å². The van der Waals surface area contributed by atoms with Gasteiger partial charge in [-0.25, -0.2) is 4.98 Å². The summed E-state index contributed by atoms with van der Waals surface area (Å²) in [5.41, 5.74) is 10.2. The zero-order chi connectivity index (χ0) is 21.1. The Morgan fingerprint density at radius 1 is 1.00 bits per heavy atom. The van der Waals surface area contributed by atoms with Gasteiger partial charge in [-0.2, -0.15) is 0 Å². The van der Waals surface area contributed by atoms with Crippen molar-refractivity contribution >= 4 is 5.57 Å². The molecular formula is C28H32N2. The Kier molecular flexibility index (Phi) is 6.03. The van der Waals surface area contributed by atoms with Crippen molar-refractivity contribution in [1.82, 2.24) is 9.55 Å². The van der Waals surface area contributed by atoms with E-state index in [-0.39, 0.29) is 0 Å². The van der Waals surface area contributed by atoms with E-state index >= 15 is 0 Å². The molecule has 0 saturated carbocycles. The zero-order valence-electron chi connectivity index (χ0n) is 18.7. The van der Waals surface area contributed by atoms with E-state index in [2.05, 4.69) is 93.0 Å². The van der Waals surface area contributed by atoms with Crippen LogP contribution in [-0.2, 0) is 6.54 Å². The van der Waals surface area contributed by atoms with E-state index in [1.165, 1.54) is 45.5 Å². The van der Waals surface area contributed by atoms with Crippen molar-refractivity contribution in [2.24, 2.45) is 0 Å². The standard InChI is InChI=1S/C28H32N2/c1-5-6-17-30-27(24-15-11-8-12-16-24)26(23-13-9-7-10-14-23)29-28(30)25-21(3)18-20(2)19-22(25)4/h7-11,13-15,18-19H,5-6,12,16-17H2,1-4H3. The number of allylic oxidation sites excluding steroid dienone is 4. The lowest BCUT2D eigenvalue weighted by atomic mass is 9.97. The highest BCUT2D eigenvalue weighted by Gasteiger charge is 2.24. The summed E-state index contributed by atoms with van der Waals surface area (Å²) >= 11 is 0. The molecule has 30 heavy (non-hydrogen) atoms. The largest absolute Gasteiger partial charge is 0.324 e. The molecule has 0 spiro atoms. The molecule has 0 N–H and O–H groups in total. The molecule has 2 nitrogen and oxygen atoms in total. The van der Waals surface area contributed by atoms with Crippen LogP contribution in [-0.4, -0.2) is 9.55 Å². The number of imidazole rings is 1. The summed E-state index contributed by atoms with van der Waals surface area (Å²) in [6, 6.07) is 15.2. The summed E-state index contributed by atoms with van der Waals surface area (Å²) in [4.78, 5) is 5.33. The zero-order valence-corrected chi connectivity index (χ0v) is 18.7. The summed E-state index contributed by atoms with van der Waals surface area (Å²) in [6.07, 6.45) is 11.2. The van der Waals surface area contributed by atoms with E-state index in [1.807, 2.05) is 0 Å². The summed E-state index contributed by atoms with van der Waals surface area (Å²) in [5, 5.41) is 0. The first-order valence-electron chi connectivity index (χ1n) is 11.2. The lowest BCUT2D eigenvalue weighted by molar-refractivity contribution is 0.630. The summed E-state index contributed by atoms with van der Waals surface area (Å²) < 4.78 is 2.50. The smallest absolute Gasteiger partial charge is 0.141 e. The van der Waals surface area contributed by atoms with Gasteiger partial charge in [0.25, 0.3) is 0 Å². The predicted molar refractivity (Wildman–Crippen MR) is 129 cm³/mol. The maximum atomic E-state index is 5.33. The molecule has 0 radical (unpaired) electrons. The van der Waals surface area contributed by atoms with Crippen molar-refractivity contribution < 1.29 is 0 Å². The molecule has 1 aliphatic rings. The van der Waals surface area contributed by atoms with Crippen molar-refractivity contribution in [2.45, 2.75) is 59.9 Å². The third kappa shape index (κ3) is 3.92. The van der Waals surface area contributed by atoms with Crippen molar-refractivity contribution in [1.29, 1.82) is 0 Å². The third-order valence-electron chi connectivity index (χ3n) is 5.97. The molecular weight excluding hydrogens is 364 g/mol. The van der Waals surface area contributed by atoms with Crippen molar-refractivity contribution in [2.75, 3.05) is 0 Å². The number of nitrogens with zero attached hydrogens (tertiary/aromatic N) is 2. The van der Waals surface area contributed by atoms with E-state index in [4.69, 9.17) is 4.98 Å². The number of aromatic nitrogens is 2. The minimum Gasteiger partial charge on any atom is -0.324 e. The molecule has 154 valence electrons. The monoisotopic (exact) mass is 396 g/mol. The maximum Gasteiger partial charge on any atom is 0.141 e. The third-order valence-corrected chi connectivity index (χ3v) is 5.97. The molecule has 0 saturated heterocycles. The van der Waals surface area contributed by atoms with Crippen LogP contribution in [0.15, 0.2) is 60.7 Å². The van der Waals surface area contributed by atoms with Crippen LogP contribution in [0.5, 0.6) is 0 Å². The first-order chi connectivity index (χ1) is 14.6. The molecule has 0 unspecified atom stereocenters. The molecule has 0 atom stereocenters. The minimum atomic E-state index is 0.995. The molecule has 0 amide bonds. The molecule has 0 bridgehead atoms. The summed E-state index contributed by atoms with van der Waals surface area (Å²) in [5.74, 6) is 1.11. The van der Waals surface area contributed by atoms with E-state index in [0.29, 0.717) is 0 Å². The fraction of sp³-hybridized carbons (Fsp3) is 0.321. The Balaban J connectivity index is 2.02. The summed E-state index contributed by atoms with van der Waals surface area (Å²) in [7, 11) is 0. The molecule has 1 heterocycles. The molecule has 2 heteroatoms. The van der Waals surface area contributed by atoms with E-state index in [0.717, 1.165) is 37.3 Å². The predicted octanol–water partition coefficient (Wildman–Crippen LogP) is 7.68. The Hall–Kier alpha value is -2.87. The highest BCUT2D eigenvalue weighted by atomic mass is 15.1. The number of hydrogen-bond donors (Lipinski definition) is 0. The molecule has 1 aliphatic carbocycles. The van der Waals surface area contributed by atoms with Crippen LogP contribution in [0.2, 0.25) is 0 Å². The van der Waals surface area contributed by atoms with Gasteiger partial charge in [0.15, 0.2) is 0 Å². The van der Waals surface area contributed by atoms with Gasteiger partial charge < -0.3 is 4.57 Å². The minimum absolute atomic E-state index is 0.995. The lowest BCUT2D eigenvalue weighted by Gasteiger charge is -2.18. The van der Waals surface area contributed by atoms with Gasteiger partial charge in [0, 0.05) is 17.7 Å².